The van der Waals surface area contributed by atoms with Crippen molar-refractivity contribution in [2.75, 3.05) is 37.4 Å². The first-order chi connectivity index (χ1) is 9.82. The third-order valence-electron chi connectivity index (χ3n) is 3.76. The molecule has 0 radical (unpaired) electrons. The van der Waals surface area contributed by atoms with E-state index in [9.17, 15) is 18.0 Å². The number of nitrogens with one attached hydrogen (secondary N) is 1. The molecule has 1 aromatic carbocycles. The average Bonchev–Trinajstić information content (AvgIpc) is 2.87. The quantitative estimate of drug-likeness (QED) is 0.868. The van der Waals surface area contributed by atoms with Crippen LogP contribution in [-0.4, -0.2) is 44.5 Å². The van der Waals surface area contributed by atoms with Gasteiger partial charge in [0.1, 0.15) is 0 Å². The van der Waals surface area contributed by atoms with Gasteiger partial charge in [-0.15, -0.1) is 0 Å². The van der Waals surface area contributed by atoms with Crippen molar-refractivity contribution in [2.24, 2.45) is 0 Å². The normalized spacial score (nSPS) is 19.1. The molecule has 4 nitrogen and oxygen atoms in total. The standard InChI is InChI=1S/C14H18F3N3O/c1-19(2)11-5-6-20(8-11)13-4-3-10(18-9-21)7-12(13)14(15,16)17/h3-4,7,9,11H,5-6,8H2,1-2H3,(H,18,21). The van der Waals surface area contributed by atoms with Crippen LogP contribution in [-0.2, 0) is 11.0 Å². The maximum atomic E-state index is 13.2. The molecule has 1 amide bonds. The third-order valence-corrected chi connectivity index (χ3v) is 3.76. The van der Waals surface area contributed by atoms with Gasteiger partial charge in [-0.2, -0.15) is 13.2 Å². The lowest BCUT2D eigenvalue weighted by Gasteiger charge is -2.25. The molecule has 1 aromatic rings. The molecule has 1 atom stereocenters. The minimum absolute atomic E-state index is 0.143. The Morgan fingerprint density at radius 2 is 2.10 bits per heavy atom. The topological polar surface area (TPSA) is 35.6 Å². The number of halogens is 3. The number of alkyl halides is 3. The molecule has 116 valence electrons. The van der Waals surface area contributed by atoms with E-state index in [1.165, 1.54) is 12.1 Å². The Balaban J connectivity index is 2.33. The highest BCUT2D eigenvalue weighted by atomic mass is 19.4. The second-order valence-electron chi connectivity index (χ2n) is 5.34. The monoisotopic (exact) mass is 301 g/mol. The van der Waals surface area contributed by atoms with Crippen molar-refractivity contribution in [2.45, 2.75) is 18.6 Å². The van der Waals surface area contributed by atoms with E-state index in [0.29, 0.717) is 19.5 Å². The number of carbonyl (C=O) groups is 1. The zero-order valence-electron chi connectivity index (χ0n) is 11.9. The van der Waals surface area contributed by atoms with Crippen molar-refractivity contribution in [1.82, 2.24) is 4.90 Å². The zero-order valence-corrected chi connectivity index (χ0v) is 11.9. The van der Waals surface area contributed by atoms with Crippen LogP contribution in [0.2, 0.25) is 0 Å². The van der Waals surface area contributed by atoms with Crippen molar-refractivity contribution < 1.29 is 18.0 Å². The number of carbonyl (C=O) groups excluding carboxylic acids is 1. The fourth-order valence-corrected chi connectivity index (χ4v) is 2.58. The molecule has 1 N–H and O–H groups in total. The highest BCUT2D eigenvalue weighted by Gasteiger charge is 2.37. The third kappa shape index (κ3) is 3.47. The molecular formula is C14H18F3N3O. The lowest BCUT2D eigenvalue weighted by atomic mass is 10.1. The second kappa shape index (κ2) is 5.93. The van der Waals surface area contributed by atoms with E-state index in [1.54, 1.807) is 4.90 Å². The molecule has 21 heavy (non-hydrogen) atoms. The fourth-order valence-electron chi connectivity index (χ4n) is 2.58. The van der Waals surface area contributed by atoms with Gasteiger partial charge in [-0.3, -0.25) is 4.79 Å². The molecule has 2 rings (SSSR count). The molecule has 1 aliphatic heterocycles. The van der Waals surface area contributed by atoms with Crippen LogP contribution in [0.15, 0.2) is 18.2 Å². The van der Waals surface area contributed by atoms with Crippen LogP contribution in [0.1, 0.15) is 12.0 Å². The summed E-state index contributed by atoms with van der Waals surface area (Å²) < 4.78 is 39.7. The maximum absolute atomic E-state index is 13.2. The van der Waals surface area contributed by atoms with Gasteiger partial charge in [-0.25, -0.2) is 0 Å². The largest absolute Gasteiger partial charge is 0.418 e. The van der Waals surface area contributed by atoms with Gasteiger partial charge in [0.15, 0.2) is 0 Å². The molecule has 0 spiro atoms. The molecule has 1 heterocycles. The molecule has 0 aromatic heterocycles. The van der Waals surface area contributed by atoms with Gasteiger partial charge in [0, 0.05) is 30.5 Å². The SMILES string of the molecule is CN(C)C1CCN(c2ccc(NC=O)cc2C(F)(F)F)C1. The molecule has 0 saturated carbocycles. The number of nitrogens with zero attached hydrogens (tertiary/aromatic N) is 2. The molecule has 1 unspecified atom stereocenters. The fraction of sp³-hybridized carbons (Fsp3) is 0.500. The van der Waals surface area contributed by atoms with Gasteiger partial charge in [-0.1, -0.05) is 0 Å². The van der Waals surface area contributed by atoms with E-state index in [1.807, 2.05) is 19.0 Å². The van der Waals surface area contributed by atoms with Gasteiger partial charge in [0.05, 0.1) is 5.56 Å². The smallest absolute Gasteiger partial charge is 0.369 e. The van der Waals surface area contributed by atoms with Gasteiger partial charge in [0.25, 0.3) is 0 Å². The van der Waals surface area contributed by atoms with Gasteiger partial charge in [0.2, 0.25) is 6.41 Å². The van der Waals surface area contributed by atoms with Crippen LogP contribution in [0, 0.1) is 0 Å². The predicted molar refractivity (Wildman–Crippen MR) is 75.4 cm³/mol. The van der Waals surface area contributed by atoms with E-state index in [0.717, 1.165) is 12.5 Å². The molecule has 1 aliphatic rings. The Labute approximate surface area is 121 Å². The number of anilines is 2. The molecule has 7 heteroatoms. The number of rotatable bonds is 4. The first kappa shape index (κ1) is 15.6. The Hall–Kier alpha value is -1.76. The van der Waals surface area contributed by atoms with Crippen molar-refractivity contribution in [3.05, 3.63) is 23.8 Å². The highest BCUT2D eigenvalue weighted by Crippen LogP contribution is 2.39. The number of likely N-dealkylation sites (N-methyl/N-ethyl adjacent to an activating group) is 1. The summed E-state index contributed by atoms with van der Waals surface area (Å²) in [6, 6.07) is 4.14. The van der Waals surface area contributed by atoms with E-state index in [2.05, 4.69) is 5.32 Å². The number of benzene rings is 1. The Kier molecular flexibility index (Phi) is 4.41. The predicted octanol–water partition coefficient (Wildman–Crippen LogP) is 2.41. The van der Waals surface area contributed by atoms with E-state index in [-0.39, 0.29) is 17.4 Å². The van der Waals surface area contributed by atoms with E-state index >= 15 is 0 Å². The summed E-state index contributed by atoms with van der Waals surface area (Å²) in [5, 5.41) is 2.26. The summed E-state index contributed by atoms with van der Waals surface area (Å²) in [4.78, 5) is 14.2. The summed E-state index contributed by atoms with van der Waals surface area (Å²) in [7, 11) is 3.85. The van der Waals surface area contributed by atoms with Crippen LogP contribution in [0.3, 0.4) is 0 Å². The Morgan fingerprint density at radius 1 is 1.38 bits per heavy atom. The van der Waals surface area contributed by atoms with Crippen LogP contribution in [0.5, 0.6) is 0 Å². The number of hydrogen-bond acceptors (Lipinski definition) is 3. The van der Waals surface area contributed by atoms with E-state index in [4.69, 9.17) is 0 Å². The highest BCUT2D eigenvalue weighted by molar-refractivity contribution is 5.74. The maximum Gasteiger partial charge on any atom is 0.418 e. The molecule has 0 bridgehead atoms. The minimum atomic E-state index is -4.45. The molecule has 1 fully saturated rings. The first-order valence-electron chi connectivity index (χ1n) is 6.65. The summed E-state index contributed by atoms with van der Waals surface area (Å²) in [6.45, 7) is 1.16. The summed E-state index contributed by atoms with van der Waals surface area (Å²) in [5.74, 6) is 0. The minimum Gasteiger partial charge on any atom is -0.369 e. The van der Waals surface area contributed by atoms with Crippen molar-refractivity contribution in [1.29, 1.82) is 0 Å². The van der Waals surface area contributed by atoms with Crippen molar-refractivity contribution in [3.63, 3.8) is 0 Å². The molecule has 1 saturated heterocycles. The molecular weight excluding hydrogens is 283 g/mol. The summed E-state index contributed by atoms with van der Waals surface area (Å²) in [6.07, 6.45) is -3.25. The van der Waals surface area contributed by atoms with Crippen LogP contribution in [0.4, 0.5) is 24.5 Å². The second-order valence-corrected chi connectivity index (χ2v) is 5.34. The Bertz CT molecular complexity index is 517. The van der Waals surface area contributed by atoms with Gasteiger partial charge < -0.3 is 15.1 Å². The van der Waals surface area contributed by atoms with Crippen LogP contribution < -0.4 is 10.2 Å². The first-order valence-corrected chi connectivity index (χ1v) is 6.65. The summed E-state index contributed by atoms with van der Waals surface area (Å²) >= 11 is 0. The lowest BCUT2D eigenvalue weighted by molar-refractivity contribution is -0.137. The van der Waals surface area contributed by atoms with Crippen molar-refractivity contribution in [3.8, 4) is 0 Å². The zero-order chi connectivity index (χ0) is 15.6. The van der Waals surface area contributed by atoms with Crippen LogP contribution >= 0.6 is 0 Å². The Morgan fingerprint density at radius 3 is 2.62 bits per heavy atom. The average molecular weight is 301 g/mol. The van der Waals surface area contributed by atoms with Gasteiger partial charge in [-0.05, 0) is 38.7 Å². The van der Waals surface area contributed by atoms with Crippen molar-refractivity contribution >= 4 is 17.8 Å². The summed E-state index contributed by atoms with van der Waals surface area (Å²) in [5.41, 5.74) is -0.401. The van der Waals surface area contributed by atoms with Gasteiger partial charge >= 0.3 is 6.18 Å². The number of hydrogen-bond donors (Lipinski definition) is 1. The van der Waals surface area contributed by atoms with E-state index < -0.39 is 11.7 Å². The van der Waals surface area contributed by atoms with Crippen LogP contribution in [0.25, 0.3) is 0 Å². The number of amides is 1. The lowest BCUT2D eigenvalue weighted by Crippen LogP contribution is -2.32. The molecule has 0 aliphatic carbocycles.